The Morgan fingerprint density at radius 1 is 1.11 bits per heavy atom. The quantitative estimate of drug-likeness (QED) is 0.726. The van der Waals surface area contributed by atoms with E-state index in [4.69, 9.17) is 14.2 Å². The van der Waals surface area contributed by atoms with Gasteiger partial charge in [0.1, 0.15) is 0 Å². The first-order valence-corrected chi connectivity index (χ1v) is 9.76. The van der Waals surface area contributed by atoms with Crippen LogP contribution in [-0.4, -0.2) is 43.4 Å². The molecule has 1 aromatic rings. The molecule has 152 valence electrons. The molecule has 2 unspecified atom stereocenters. The summed E-state index contributed by atoms with van der Waals surface area (Å²) in [6, 6.07) is 5.03. The van der Waals surface area contributed by atoms with Gasteiger partial charge in [-0.3, -0.25) is 9.59 Å². The zero-order valence-corrected chi connectivity index (χ0v) is 16.3. The van der Waals surface area contributed by atoms with Crippen molar-refractivity contribution < 1.29 is 28.9 Å². The third-order valence-corrected chi connectivity index (χ3v) is 6.46. The summed E-state index contributed by atoms with van der Waals surface area (Å²) >= 11 is 0. The molecule has 0 radical (unpaired) electrons. The molecule has 7 nitrogen and oxygen atoms in total. The zero-order chi connectivity index (χ0) is 19.9. The Hall–Kier alpha value is -2.28. The Morgan fingerprint density at radius 2 is 1.79 bits per heavy atom. The molecule has 1 aromatic carbocycles. The van der Waals surface area contributed by atoms with Gasteiger partial charge in [0.25, 0.3) is 5.91 Å². The van der Waals surface area contributed by atoms with Crippen molar-refractivity contribution in [2.24, 2.45) is 17.3 Å². The first-order valence-electron chi connectivity index (χ1n) is 9.76. The van der Waals surface area contributed by atoms with Crippen molar-refractivity contribution in [2.75, 3.05) is 26.1 Å². The van der Waals surface area contributed by atoms with Crippen molar-refractivity contribution in [3.05, 3.63) is 18.2 Å². The minimum Gasteiger partial charge on any atom is -0.493 e. The Labute approximate surface area is 164 Å². The largest absolute Gasteiger partial charge is 0.493 e. The molecule has 0 heterocycles. The molecule has 28 heavy (non-hydrogen) atoms. The maximum Gasteiger partial charge on any atom is 0.312 e. The van der Waals surface area contributed by atoms with Crippen LogP contribution >= 0.6 is 0 Å². The Morgan fingerprint density at radius 3 is 2.39 bits per heavy atom. The number of aliphatic hydroxyl groups is 1. The van der Waals surface area contributed by atoms with Gasteiger partial charge in [0.2, 0.25) is 0 Å². The predicted molar refractivity (Wildman–Crippen MR) is 101 cm³/mol. The van der Waals surface area contributed by atoms with Gasteiger partial charge >= 0.3 is 5.97 Å². The highest BCUT2D eigenvalue weighted by Gasteiger charge is 2.60. The second kappa shape index (κ2) is 6.95. The lowest BCUT2D eigenvalue weighted by molar-refractivity contribution is -0.196. The summed E-state index contributed by atoms with van der Waals surface area (Å²) < 4.78 is 15.8. The second-order valence-corrected chi connectivity index (χ2v) is 8.66. The molecule has 4 aliphatic carbocycles. The number of carbonyl (C=O) groups excluding carboxylic acids is 2. The molecule has 4 saturated carbocycles. The van der Waals surface area contributed by atoms with Gasteiger partial charge in [-0.15, -0.1) is 0 Å². The van der Waals surface area contributed by atoms with Gasteiger partial charge in [-0.1, -0.05) is 0 Å². The number of methoxy groups -OCH3 is 2. The normalized spacial score (nSPS) is 32.7. The van der Waals surface area contributed by atoms with Crippen LogP contribution in [0.25, 0.3) is 0 Å². The highest BCUT2D eigenvalue weighted by Crippen LogP contribution is 2.61. The molecule has 4 bridgehead atoms. The van der Waals surface area contributed by atoms with Crippen LogP contribution in [0.15, 0.2) is 18.2 Å². The summed E-state index contributed by atoms with van der Waals surface area (Å²) in [5, 5.41) is 13.5. The van der Waals surface area contributed by atoms with Crippen molar-refractivity contribution >= 4 is 17.6 Å². The van der Waals surface area contributed by atoms with Crippen LogP contribution in [0.1, 0.15) is 38.5 Å². The van der Waals surface area contributed by atoms with E-state index in [9.17, 15) is 14.7 Å². The number of rotatable bonds is 6. The van der Waals surface area contributed by atoms with Gasteiger partial charge in [-0.05, 0) is 62.5 Å². The molecule has 0 aromatic heterocycles. The van der Waals surface area contributed by atoms with E-state index in [0.29, 0.717) is 35.4 Å². The van der Waals surface area contributed by atoms with E-state index in [1.165, 1.54) is 14.2 Å². The highest BCUT2D eigenvalue weighted by atomic mass is 16.5. The second-order valence-electron chi connectivity index (χ2n) is 8.66. The number of esters is 1. The summed E-state index contributed by atoms with van der Waals surface area (Å²) in [5.74, 6) is 1.08. The van der Waals surface area contributed by atoms with Crippen molar-refractivity contribution in [2.45, 2.75) is 44.1 Å². The maximum atomic E-state index is 12.8. The summed E-state index contributed by atoms with van der Waals surface area (Å²) in [7, 11) is 3.06. The molecular weight excluding hydrogens is 362 g/mol. The van der Waals surface area contributed by atoms with E-state index in [-0.39, 0.29) is 12.6 Å². The van der Waals surface area contributed by atoms with Crippen molar-refractivity contribution in [3.63, 3.8) is 0 Å². The van der Waals surface area contributed by atoms with Crippen molar-refractivity contribution in [3.8, 4) is 11.5 Å². The standard InChI is InChI=1S/C21H27NO6/c1-26-16-4-3-15(6-17(16)27-2)22-18(23)11-28-19(24)20-7-13-5-14(8-20)10-21(25,9-13)12-20/h3-4,6,13-14,25H,5,7-12H2,1-2H3,(H,22,23). The van der Waals surface area contributed by atoms with Crippen LogP contribution in [0.3, 0.4) is 0 Å². The summed E-state index contributed by atoms with van der Waals surface area (Å²) in [6.07, 6.45) is 4.67. The van der Waals surface area contributed by atoms with E-state index in [0.717, 1.165) is 32.1 Å². The average Bonchev–Trinajstić information content (AvgIpc) is 2.64. The topological polar surface area (TPSA) is 94.1 Å². The lowest BCUT2D eigenvalue weighted by Crippen LogP contribution is -2.58. The van der Waals surface area contributed by atoms with Crippen molar-refractivity contribution in [1.29, 1.82) is 0 Å². The van der Waals surface area contributed by atoms with Gasteiger partial charge in [-0.25, -0.2) is 0 Å². The highest BCUT2D eigenvalue weighted by molar-refractivity contribution is 5.93. The minimum atomic E-state index is -0.731. The van der Waals surface area contributed by atoms with E-state index in [2.05, 4.69) is 5.32 Å². The molecule has 0 spiro atoms. The Balaban J connectivity index is 1.36. The molecule has 0 aliphatic heterocycles. The third-order valence-electron chi connectivity index (χ3n) is 6.46. The number of carbonyl (C=O) groups is 2. The van der Waals surface area contributed by atoms with Gasteiger partial charge in [0, 0.05) is 11.8 Å². The number of anilines is 1. The monoisotopic (exact) mass is 389 g/mol. The van der Waals surface area contributed by atoms with E-state index >= 15 is 0 Å². The van der Waals surface area contributed by atoms with Gasteiger partial charge in [0.15, 0.2) is 18.1 Å². The fourth-order valence-corrected chi connectivity index (χ4v) is 5.85. The number of benzene rings is 1. The average molecular weight is 389 g/mol. The van der Waals surface area contributed by atoms with Crippen LogP contribution in [0.5, 0.6) is 11.5 Å². The van der Waals surface area contributed by atoms with Crippen LogP contribution in [0.4, 0.5) is 5.69 Å². The lowest BCUT2D eigenvalue weighted by Gasteiger charge is -2.58. The van der Waals surface area contributed by atoms with E-state index in [1.807, 2.05) is 0 Å². The van der Waals surface area contributed by atoms with Crippen LogP contribution < -0.4 is 14.8 Å². The molecule has 4 fully saturated rings. The number of amides is 1. The number of hydrogen-bond donors (Lipinski definition) is 2. The number of hydrogen-bond acceptors (Lipinski definition) is 6. The van der Waals surface area contributed by atoms with Gasteiger partial charge in [0.05, 0.1) is 25.2 Å². The van der Waals surface area contributed by atoms with Gasteiger partial charge < -0.3 is 24.6 Å². The first-order chi connectivity index (χ1) is 13.3. The van der Waals surface area contributed by atoms with Crippen LogP contribution in [0, 0.1) is 17.3 Å². The predicted octanol–water partition coefficient (Wildman–Crippen LogP) is 2.52. The van der Waals surface area contributed by atoms with Crippen LogP contribution in [0.2, 0.25) is 0 Å². The summed E-state index contributed by atoms with van der Waals surface area (Å²) in [5.41, 5.74) is -0.823. The fraction of sp³-hybridized carbons (Fsp3) is 0.619. The lowest BCUT2D eigenvalue weighted by atomic mass is 9.48. The molecule has 0 saturated heterocycles. The van der Waals surface area contributed by atoms with Crippen LogP contribution in [-0.2, 0) is 14.3 Å². The summed E-state index contributed by atoms with van der Waals surface area (Å²) in [6.45, 7) is -0.345. The zero-order valence-electron chi connectivity index (χ0n) is 16.3. The first kappa shape index (κ1) is 19.1. The molecular formula is C21H27NO6. The van der Waals surface area contributed by atoms with E-state index in [1.54, 1.807) is 18.2 Å². The van der Waals surface area contributed by atoms with Crippen molar-refractivity contribution in [1.82, 2.24) is 0 Å². The molecule has 2 atom stereocenters. The maximum absolute atomic E-state index is 12.8. The SMILES string of the molecule is COc1ccc(NC(=O)COC(=O)C23CC4CC(CC(O)(C4)C2)C3)cc1OC. The number of ether oxygens (including phenoxy) is 3. The molecule has 1 amide bonds. The smallest absolute Gasteiger partial charge is 0.312 e. The van der Waals surface area contributed by atoms with E-state index < -0.39 is 16.9 Å². The molecule has 4 aliphatic rings. The third kappa shape index (κ3) is 3.43. The Bertz CT molecular complexity index is 777. The molecule has 5 rings (SSSR count). The molecule has 7 heteroatoms. The minimum absolute atomic E-state index is 0.345. The Kier molecular flexibility index (Phi) is 4.73. The van der Waals surface area contributed by atoms with Gasteiger partial charge in [-0.2, -0.15) is 0 Å². The summed E-state index contributed by atoms with van der Waals surface area (Å²) in [4.78, 5) is 25.1. The molecule has 2 N–H and O–H groups in total. The fourth-order valence-electron chi connectivity index (χ4n) is 5.85. The number of nitrogens with one attached hydrogen (secondary N) is 1.